The number of benzene rings is 1. The zero-order valence-corrected chi connectivity index (χ0v) is 10.4. The molecule has 1 N–H and O–H groups in total. The lowest BCUT2D eigenvalue weighted by molar-refractivity contribution is 0.143. The van der Waals surface area contributed by atoms with Gasteiger partial charge in [0, 0.05) is 12.1 Å². The predicted molar refractivity (Wildman–Crippen MR) is 65.0 cm³/mol. The van der Waals surface area contributed by atoms with Gasteiger partial charge in [0.2, 0.25) is 5.43 Å². The van der Waals surface area contributed by atoms with Crippen LogP contribution in [-0.2, 0) is 0 Å². The maximum atomic E-state index is 13.9. The van der Waals surface area contributed by atoms with Crippen molar-refractivity contribution in [3.63, 3.8) is 0 Å². The van der Waals surface area contributed by atoms with E-state index in [2.05, 4.69) is 4.74 Å². The van der Waals surface area contributed by atoms with Gasteiger partial charge in [-0.2, -0.15) is 0 Å². The molecule has 1 saturated carbocycles. The van der Waals surface area contributed by atoms with E-state index in [-0.39, 0.29) is 11.6 Å². The molecule has 0 amide bonds. The van der Waals surface area contributed by atoms with E-state index < -0.39 is 40.2 Å². The molecule has 0 bridgehead atoms. The molecule has 0 spiro atoms. The molecule has 2 aromatic rings. The number of halogens is 3. The predicted octanol–water partition coefficient (Wildman–Crippen LogP) is 2.81. The highest BCUT2D eigenvalue weighted by Gasteiger charge is 2.29. The fourth-order valence-electron chi connectivity index (χ4n) is 2.20. The lowest BCUT2D eigenvalue weighted by Crippen LogP contribution is -2.18. The van der Waals surface area contributed by atoms with Gasteiger partial charge in [0.05, 0.1) is 17.1 Å². The maximum absolute atomic E-state index is 13.9. The molecule has 1 aliphatic rings. The van der Waals surface area contributed by atoms with Crippen LogP contribution in [0.5, 0.6) is 5.75 Å². The number of hydrogen-bond donors (Lipinski definition) is 1. The van der Waals surface area contributed by atoms with E-state index in [9.17, 15) is 22.8 Å². The van der Waals surface area contributed by atoms with E-state index in [1.165, 1.54) is 4.57 Å². The Hall–Kier alpha value is -2.51. The Balaban J connectivity index is 2.41. The van der Waals surface area contributed by atoms with Gasteiger partial charge in [-0.15, -0.1) is 0 Å². The van der Waals surface area contributed by atoms with Crippen molar-refractivity contribution in [2.24, 2.45) is 0 Å². The average Bonchev–Trinajstić information content (AvgIpc) is 3.23. The van der Waals surface area contributed by atoms with Crippen LogP contribution in [-0.4, -0.2) is 15.8 Å². The molecule has 3 rings (SSSR count). The van der Waals surface area contributed by atoms with Gasteiger partial charge in [-0.25, -0.2) is 18.0 Å². The Labute approximate surface area is 115 Å². The molecule has 21 heavy (non-hydrogen) atoms. The number of hydrogen-bond acceptors (Lipinski definition) is 3. The lowest BCUT2D eigenvalue weighted by atomic mass is 10.1. The summed E-state index contributed by atoms with van der Waals surface area (Å²) in [5, 5.41) is 7.86. The van der Waals surface area contributed by atoms with Crippen molar-refractivity contribution in [2.45, 2.75) is 18.9 Å². The first kappa shape index (κ1) is 13.5. The van der Waals surface area contributed by atoms with Gasteiger partial charge in [-0.1, -0.05) is 0 Å². The number of rotatable bonds is 2. The number of nitrogens with zero attached hydrogens (tertiary/aromatic N) is 1. The third kappa shape index (κ3) is 2.12. The number of ether oxygens (including phenoxy) is 1. The average molecular weight is 299 g/mol. The molecular weight excluding hydrogens is 291 g/mol. The molecular formula is C13H8F3NO4. The summed E-state index contributed by atoms with van der Waals surface area (Å²) in [6, 6.07) is 0.589. The maximum Gasteiger partial charge on any atom is 0.511 e. The summed E-state index contributed by atoms with van der Waals surface area (Å²) in [5.41, 5.74) is -1.27. The molecule has 1 heterocycles. The Morgan fingerprint density at radius 3 is 2.52 bits per heavy atom. The van der Waals surface area contributed by atoms with Gasteiger partial charge in [-0.05, 0) is 12.8 Å². The van der Waals surface area contributed by atoms with Crippen molar-refractivity contribution in [3.8, 4) is 5.75 Å². The van der Waals surface area contributed by atoms with Gasteiger partial charge in [-0.3, -0.25) is 4.79 Å². The monoisotopic (exact) mass is 299 g/mol. The van der Waals surface area contributed by atoms with Crippen molar-refractivity contribution >= 4 is 17.1 Å². The molecule has 0 atom stereocenters. The second-order valence-electron chi connectivity index (χ2n) is 4.71. The molecule has 0 saturated heterocycles. The third-order valence-electron chi connectivity index (χ3n) is 3.26. The Bertz CT molecular complexity index is 827. The van der Waals surface area contributed by atoms with Crippen LogP contribution in [0, 0.1) is 17.5 Å². The van der Waals surface area contributed by atoms with Crippen LogP contribution in [0.15, 0.2) is 17.1 Å². The van der Waals surface area contributed by atoms with Crippen molar-refractivity contribution < 1.29 is 27.8 Å². The molecule has 1 fully saturated rings. The van der Waals surface area contributed by atoms with Crippen molar-refractivity contribution in [2.75, 3.05) is 0 Å². The van der Waals surface area contributed by atoms with Crippen LogP contribution in [0.3, 0.4) is 0 Å². The smallest absolute Gasteiger partial charge is 0.449 e. The topological polar surface area (TPSA) is 68.5 Å². The number of aromatic nitrogens is 1. The molecule has 8 heteroatoms. The highest BCUT2D eigenvalue weighted by molar-refractivity contribution is 5.82. The summed E-state index contributed by atoms with van der Waals surface area (Å²) in [6.45, 7) is 0. The van der Waals surface area contributed by atoms with Gasteiger partial charge in [0.25, 0.3) is 0 Å². The van der Waals surface area contributed by atoms with Gasteiger partial charge in [0.1, 0.15) is 0 Å². The first-order valence-corrected chi connectivity index (χ1v) is 6.03. The fraction of sp³-hybridized carbons (Fsp3) is 0.231. The third-order valence-corrected chi connectivity index (χ3v) is 3.26. The molecule has 0 unspecified atom stereocenters. The van der Waals surface area contributed by atoms with Crippen LogP contribution < -0.4 is 10.2 Å². The molecule has 1 aliphatic carbocycles. The molecule has 5 nitrogen and oxygen atoms in total. The standard InChI is InChI=1S/C13H8F3NO4/c14-6-3-7-9(11(16)10(6)15)12(18)8(21-13(19)20)4-17(7)5-1-2-5/h3-5H,1-2H2,(H,19,20). The van der Waals surface area contributed by atoms with Crippen molar-refractivity contribution in [1.82, 2.24) is 4.57 Å². The van der Waals surface area contributed by atoms with E-state index in [0.29, 0.717) is 12.8 Å². The van der Waals surface area contributed by atoms with Crippen LogP contribution in [0.2, 0.25) is 0 Å². The van der Waals surface area contributed by atoms with Crippen molar-refractivity contribution in [1.29, 1.82) is 0 Å². The van der Waals surface area contributed by atoms with Gasteiger partial charge in [0.15, 0.2) is 23.2 Å². The first-order valence-electron chi connectivity index (χ1n) is 6.03. The Kier molecular flexibility index (Phi) is 2.89. The van der Waals surface area contributed by atoms with Crippen LogP contribution in [0.25, 0.3) is 10.9 Å². The molecule has 0 aliphatic heterocycles. The van der Waals surface area contributed by atoms with Crippen LogP contribution in [0.4, 0.5) is 18.0 Å². The first-order chi connectivity index (χ1) is 9.90. The highest BCUT2D eigenvalue weighted by Crippen LogP contribution is 2.38. The number of pyridine rings is 1. The number of fused-ring (bicyclic) bond motifs is 1. The summed E-state index contributed by atoms with van der Waals surface area (Å²) < 4.78 is 46.2. The summed E-state index contributed by atoms with van der Waals surface area (Å²) in [4.78, 5) is 22.6. The minimum absolute atomic E-state index is 0.128. The van der Waals surface area contributed by atoms with Crippen LogP contribution in [0.1, 0.15) is 18.9 Å². The van der Waals surface area contributed by atoms with Gasteiger partial charge < -0.3 is 14.4 Å². The fourth-order valence-corrected chi connectivity index (χ4v) is 2.20. The summed E-state index contributed by atoms with van der Waals surface area (Å²) >= 11 is 0. The molecule has 0 radical (unpaired) electrons. The zero-order chi connectivity index (χ0) is 15.3. The SMILES string of the molecule is O=C(O)Oc1cn(C2CC2)c2cc(F)c(F)c(F)c2c1=O. The number of carbonyl (C=O) groups is 1. The summed E-state index contributed by atoms with van der Waals surface area (Å²) in [7, 11) is 0. The highest BCUT2D eigenvalue weighted by atomic mass is 19.2. The molecule has 110 valence electrons. The number of carboxylic acid groups (broad SMARTS) is 1. The van der Waals surface area contributed by atoms with Crippen LogP contribution >= 0.6 is 0 Å². The second-order valence-corrected chi connectivity index (χ2v) is 4.71. The van der Waals surface area contributed by atoms with Crippen molar-refractivity contribution in [3.05, 3.63) is 39.9 Å². The van der Waals surface area contributed by atoms with E-state index in [4.69, 9.17) is 5.11 Å². The van der Waals surface area contributed by atoms with E-state index in [0.717, 1.165) is 12.3 Å². The Morgan fingerprint density at radius 2 is 1.95 bits per heavy atom. The minimum atomic E-state index is -1.78. The minimum Gasteiger partial charge on any atom is -0.449 e. The second kappa shape index (κ2) is 4.51. The quantitative estimate of drug-likeness (QED) is 0.684. The van der Waals surface area contributed by atoms with E-state index in [1.807, 2.05) is 0 Å². The molecule has 1 aromatic heterocycles. The summed E-state index contributed by atoms with van der Waals surface area (Å²) in [5.74, 6) is -5.50. The largest absolute Gasteiger partial charge is 0.511 e. The normalized spacial score (nSPS) is 14.4. The van der Waals surface area contributed by atoms with E-state index >= 15 is 0 Å². The lowest BCUT2D eigenvalue weighted by Gasteiger charge is -2.13. The van der Waals surface area contributed by atoms with E-state index in [1.54, 1.807) is 0 Å². The summed E-state index contributed by atoms with van der Waals surface area (Å²) in [6.07, 6.45) is 0.723. The Morgan fingerprint density at radius 1 is 1.29 bits per heavy atom. The molecule has 1 aromatic carbocycles. The zero-order valence-electron chi connectivity index (χ0n) is 10.4. The van der Waals surface area contributed by atoms with Gasteiger partial charge >= 0.3 is 6.16 Å².